The molecule has 150 valence electrons. The van der Waals surface area contributed by atoms with Crippen LogP contribution < -0.4 is 0 Å². The lowest BCUT2D eigenvalue weighted by Crippen LogP contribution is -2.01. The van der Waals surface area contributed by atoms with E-state index in [2.05, 4.69) is 6.92 Å². The van der Waals surface area contributed by atoms with E-state index in [1.807, 2.05) is 0 Å². The normalized spacial score (nSPS) is 12.0. The molecule has 0 aliphatic heterocycles. The topological polar surface area (TPSA) is 74.6 Å². The van der Waals surface area contributed by atoms with Gasteiger partial charge in [-0.3, -0.25) is 0 Å². The molecule has 0 heterocycles. The summed E-state index contributed by atoms with van der Waals surface area (Å²) in [5.41, 5.74) is -0.178. The molecule has 26 heavy (non-hydrogen) atoms. The third-order valence-electron chi connectivity index (χ3n) is 4.55. The van der Waals surface area contributed by atoms with Crippen LogP contribution >= 0.6 is 0 Å². The molecule has 0 saturated carbocycles. The first-order valence-electron chi connectivity index (χ1n) is 10.4. The van der Waals surface area contributed by atoms with Crippen LogP contribution in [0, 0.1) is 0 Å². The number of carboxylic acids is 2. The minimum absolute atomic E-state index is 0.178. The Morgan fingerprint density at radius 2 is 1.12 bits per heavy atom. The second-order valence-electron chi connectivity index (χ2n) is 7.03. The van der Waals surface area contributed by atoms with Crippen LogP contribution in [-0.4, -0.2) is 22.2 Å². The minimum atomic E-state index is -1.23. The second kappa shape index (κ2) is 18.2. The van der Waals surface area contributed by atoms with Crippen molar-refractivity contribution in [3.8, 4) is 0 Å². The number of allylic oxidation sites excluding steroid dienone is 1. The maximum atomic E-state index is 10.8. The number of unbranched alkanes of at least 4 members (excludes halogenated alkanes) is 14. The molecule has 0 atom stereocenters. The molecule has 0 aliphatic carbocycles. The van der Waals surface area contributed by atoms with Crippen LogP contribution in [0.5, 0.6) is 0 Å². The van der Waals surface area contributed by atoms with Gasteiger partial charge >= 0.3 is 11.9 Å². The number of hydrogen-bond donors (Lipinski definition) is 2. The smallest absolute Gasteiger partial charge is 0.335 e. The van der Waals surface area contributed by atoms with Gasteiger partial charge < -0.3 is 10.2 Å². The van der Waals surface area contributed by atoms with Crippen molar-refractivity contribution < 1.29 is 19.8 Å². The molecule has 0 aromatic carbocycles. The quantitative estimate of drug-likeness (QED) is 0.165. The Bertz CT molecular complexity index is 424. The first-order chi connectivity index (χ1) is 12.6. The van der Waals surface area contributed by atoms with E-state index in [9.17, 15) is 9.59 Å². The second-order valence-corrected chi connectivity index (χ2v) is 7.03. The van der Waals surface area contributed by atoms with Gasteiger partial charge in [-0.1, -0.05) is 103 Å². The molecular formula is C22H38O4. The summed E-state index contributed by atoms with van der Waals surface area (Å²) in [6.07, 6.45) is 23.0. The van der Waals surface area contributed by atoms with Crippen molar-refractivity contribution in [1.29, 1.82) is 0 Å². The van der Waals surface area contributed by atoms with Gasteiger partial charge in [0.1, 0.15) is 0 Å². The molecule has 0 saturated heterocycles. The fourth-order valence-electron chi connectivity index (χ4n) is 2.98. The number of rotatable bonds is 18. The van der Waals surface area contributed by atoms with Crippen LogP contribution in [0.4, 0.5) is 0 Å². The Morgan fingerprint density at radius 1 is 0.692 bits per heavy atom. The van der Waals surface area contributed by atoms with Crippen molar-refractivity contribution in [1.82, 2.24) is 0 Å². The lowest BCUT2D eigenvalue weighted by atomic mass is 10.0. The molecule has 0 rings (SSSR count). The van der Waals surface area contributed by atoms with Gasteiger partial charge in [0, 0.05) is 6.08 Å². The Hall–Kier alpha value is -1.58. The molecule has 0 unspecified atom stereocenters. The van der Waals surface area contributed by atoms with Crippen molar-refractivity contribution in [2.75, 3.05) is 0 Å². The first kappa shape index (κ1) is 24.4. The van der Waals surface area contributed by atoms with Crippen LogP contribution in [0.3, 0.4) is 0 Å². The van der Waals surface area contributed by atoms with E-state index in [4.69, 9.17) is 10.2 Å². The Kier molecular flexibility index (Phi) is 17.1. The molecule has 0 spiro atoms. The van der Waals surface area contributed by atoms with Gasteiger partial charge in [-0.2, -0.15) is 0 Å². The molecule has 0 aliphatic rings. The number of carbonyl (C=O) groups is 2. The van der Waals surface area contributed by atoms with E-state index in [1.165, 1.54) is 83.1 Å². The third kappa shape index (κ3) is 17.2. The van der Waals surface area contributed by atoms with E-state index < -0.39 is 11.9 Å². The third-order valence-corrected chi connectivity index (χ3v) is 4.55. The van der Waals surface area contributed by atoms with Gasteiger partial charge in [-0.15, -0.1) is 0 Å². The Labute approximate surface area is 159 Å². The summed E-state index contributed by atoms with van der Waals surface area (Å²) >= 11 is 0. The van der Waals surface area contributed by atoms with Crippen LogP contribution in [0.25, 0.3) is 0 Å². The maximum Gasteiger partial charge on any atom is 0.335 e. The molecule has 0 aromatic heterocycles. The molecule has 0 aromatic rings. The van der Waals surface area contributed by atoms with Crippen LogP contribution in [0.1, 0.15) is 103 Å². The fraction of sp³-hybridized carbons (Fsp3) is 0.727. The summed E-state index contributed by atoms with van der Waals surface area (Å²) < 4.78 is 0. The first-order valence-corrected chi connectivity index (χ1v) is 10.4. The maximum absolute atomic E-state index is 10.8. The minimum Gasteiger partial charge on any atom is -0.478 e. The molecule has 0 fully saturated rings. The van der Waals surface area contributed by atoms with Crippen LogP contribution in [0.15, 0.2) is 23.8 Å². The van der Waals surface area contributed by atoms with Crippen LogP contribution in [0.2, 0.25) is 0 Å². The lowest BCUT2D eigenvalue weighted by Gasteiger charge is -2.02. The summed E-state index contributed by atoms with van der Waals surface area (Å²) in [4.78, 5) is 21.4. The van der Waals surface area contributed by atoms with Gasteiger partial charge in [0.15, 0.2) is 0 Å². The molecule has 4 heteroatoms. The van der Waals surface area contributed by atoms with Gasteiger partial charge in [0.25, 0.3) is 0 Å². The van der Waals surface area contributed by atoms with E-state index >= 15 is 0 Å². The standard InChI is InChI=1S/C22H38O4/c1-2-3-4-5-6-7-8-9-10-11-12-13-14-15-16-17-18-20(22(25)26)19-21(23)24/h17-19H,2-16H2,1H3,(H,23,24)(H,25,26)/b18-17?,20-19-. The number of hydrogen-bond acceptors (Lipinski definition) is 2. The highest BCUT2D eigenvalue weighted by atomic mass is 16.4. The van der Waals surface area contributed by atoms with E-state index in [0.29, 0.717) is 0 Å². The van der Waals surface area contributed by atoms with E-state index in [1.54, 1.807) is 6.08 Å². The molecule has 0 radical (unpaired) electrons. The zero-order chi connectivity index (χ0) is 19.5. The Balaban J connectivity index is 3.42. The number of aliphatic carboxylic acids is 2. The van der Waals surface area contributed by atoms with Crippen molar-refractivity contribution in [3.05, 3.63) is 23.8 Å². The summed E-state index contributed by atoms with van der Waals surface area (Å²) in [5.74, 6) is -2.44. The van der Waals surface area contributed by atoms with Crippen molar-refractivity contribution in [2.24, 2.45) is 0 Å². The van der Waals surface area contributed by atoms with Crippen molar-refractivity contribution >= 4 is 11.9 Å². The molecule has 0 amide bonds. The van der Waals surface area contributed by atoms with E-state index in [0.717, 1.165) is 25.3 Å². The summed E-state index contributed by atoms with van der Waals surface area (Å²) in [6, 6.07) is 0. The lowest BCUT2D eigenvalue weighted by molar-refractivity contribution is -0.134. The van der Waals surface area contributed by atoms with Gasteiger partial charge in [0.05, 0.1) is 5.57 Å². The predicted molar refractivity (Wildman–Crippen MR) is 107 cm³/mol. The molecule has 4 nitrogen and oxygen atoms in total. The summed E-state index contributed by atoms with van der Waals surface area (Å²) in [6.45, 7) is 2.26. The van der Waals surface area contributed by atoms with Crippen LogP contribution in [-0.2, 0) is 9.59 Å². The summed E-state index contributed by atoms with van der Waals surface area (Å²) in [5, 5.41) is 17.5. The average molecular weight is 367 g/mol. The van der Waals surface area contributed by atoms with Gasteiger partial charge in [0.2, 0.25) is 0 Å². The van der Waals surface area contributed by atoms with E-state index in [-0.39, 0.29) is 5.57 Å². The monoisotopic (exact) mass is 366 g/mol. The van der Waals surface area contributed by atoms with Gasteiger partial charge in [-0.05, 0) is 12.8 Å². The van der Waals surface area contributed by atoms with Gasteiger partial charge in [-0.25, -0.2) is 9.59 Å². The highest BCUT2D eigenvalue weighted by molar-refractivity contribution is 5.96. The zero-order valence-corrected chi connectivity index (χ0v) is 16.5. The predicted octanol–water partition coefficient (Wildman–Crippen LogP) is 6.51. The molecular weight excluding hydrogens is 328 g/mol. The van der Waals surface area contributed by atoms with Crippen molar-refractivity contribution in [2.45, 2.75) is 103 Å². The Morgan fingerprint density at radius 3 is 1.50 bits per heavy atom. The number of carboxylic acid groups (broad SMARTS) is 2. The average Bonchev–Trinajstić information content (AvgIpc) is 2.59. The highest BCUT2D eigenvalue weighted by Gasteiger charge is 2.04. The summed E-state index contributed by atoms with van der Waals surface area (Å²) in [7, 11) is 0. The molecule has 0 bridgehead atoms. The molecule has 2 N–H and O–H groups in total. The highest BCUT2D eigenvalue weighted by Crippen LogP contribution is 2.13. The largest absolute Gasteiger partial charge is 0.478 e. The SMILES string of the molecule is CCCCCCCCCCCCCCCCC=C/C(=C/C(=O)O)C(=O)O. The van der Waals surface area contributed by atoms with Crippen molar-refractivity contribution in [3.63, 3.8) is 0 Å². The fourth-order valence-corrected chi connectivity index (χ4v) is 2.98. The zero-order valence-electron chi connectivity index (χ0n) is 16.5.